The van der Waals surface area contributed by atoms with Crippen LogP contribution in [0.15, 0.2) is 18.3 Å². The van der Waals surface area contributed by atoms with Crippen molar-refractivity contribution in [2.45, 2.75) is 26.9 Å². The summed E-state index contributed by atoms with van der Waals surface area (Å²) in [7, 11) is 0. The number of pyridine rings is 1. The molecule has 2 atom stereocenters. The minimum absolute atomic E-state index is 0.0648. The molecule has 1 N–H and O–H groups in total. The van der Waals surface area contributed by atoms with E-state index in [0.717, 1.165) is 0 Å². The lowest BCUT2D eigenvalue weighted by Gasteiger charge is -2.18. The van der Waals surface area contributed by atoms with Gasteiger partial charge in [0.2, 0.25) is 0 Å². The Bertz CT molecular complexity index is 544. The van der Waals surface area contributed by atoms with E-state index in [9.17, 15) is 9.59 Å². The number of carbonyl (C=O) groups is 2. The highest BCUT2D eigenvalue weighted by Crippen LogP contribution is 2.26. The highest BCUT2D eigenvalue weighted by Gasteiger charge is 2.38. The van der Waals surface area contributed by atoms with Crippen LogP contribution in [-0.4, -0.2) is 46.1 Å². The molecule has 1 aromatic rings. The molecule has 1 fully saturated rings. The number of amides is 1. The van der Waals surface area contributed by atoms with Gasteiger partial charge in [-0.15, -0.1) is 0 Å². The number of carboxylic acid groups (broad SMARTS) is 1. The van der Waals surface area contributed by atoms with Gasteiger partial charge in [-0.25, -0.2) is 4.98 Å². The average Bonchev–Trinajstić information content (AvgIpc) is 2.80. The molecule has 0 bridgehead atoms. The van der Waals surface area contributed by atoms with E-state index in [1.807, 2.05) is 20.8 Å². The fraction of sp³-hybridized carbons (Fsp3) is 0.533. The Morgan fingerprint density at radius 3 is 2.71 bits per heavy atom. The van der Waals surface area contributed by atoms with E-state index in [1.165, 1.54) is 6.20 Å². The normalized spacial score (nSPS) is 21.6. The second-order valence-electron chi connectivity index (χ2n) is 5.65. The van der Waals surface area contributed by atoms with Crippen molar-refractivity contribution in [3.05, 3.63) is 24.0 Å². The van der Waals surface area contributed by atoms with Gasteiger partial charge in [0.05, 0.1) is 12.0 Å². The first-order chi connectivity index (χ1) is 9.90. The Morgan fingerprint density at radius 1 is 1.43 bits per heavy atom. The summed E-state index contributed by atoms with van der Waals surface area (Å²) < 4.78 is 5.60. The van der Waals surface area contributed by atoms with Crippen LogP contribution in [0.5, 0.6) is 5.75 Å². The second kappa shape index (κ2) is 6.11. The van der Waals surface area contributed by atoms with Gasteiger partial charge in [-0.3, -0.25) is 9.59 Å². The van der Waals surface area contributed by atoms with E-state index in [-0.39, 0.29) is 30.2 Å². The minimum Gasteiger partial charge on any atom is -0.489 e. The van der Waals surface area contributed by atoms with Crippen molar-refractivity contribution >= 4 is 11.9 Å². The third-order valence-corrected chi connectivity index (χ3v) is 3.55. The van der Waals surface area contributed by atoms with Crippen LogP contribution in [-0.2, 0) is 4.79 Å². The van der Waals surface area contributed by atoms with E-state index in [2.05, 4.69) is 4.98 Å². The maximum atomic E-state index is 12.6. The summed E-state index contributed by atoms with van der Waals surface area (Å²) in [4.78, 5) is 29.4. The first-order valence-corrected chi connectivity index (χ1v) is 7.04. The molecule has 0 unspecified atom stereocenters. The summed E-state index contributed by atoms with van der Waals surface area (Å²) in [6.45, 7) is 6.23. The molecule has 6 heteroatoms. The van der Waals surface area contributed by atoms with Crippen LogP contribution in [0.2, 0.25) is 0 Å². The number of carboxylic acids is 1. The summed E-state index contributed by atoms with van der Waals surface area (Å²) in [5.74, 6) is -1.29. The van der Waals surface area contributed by atoms with Crippen molar-refractivity contribution in [1.29, 1.82) is 0 Å². The van der Waals surface area contributed by atoms with Crippen LogP contribution >= 0.6 is 0 Å². The topological polar surface area (TPSA) is 79.7 Å². The van der Waals surface area contributed by atoms with Crippen molar-refractivity contribution in [2.75, 3.05) is 13.1 Å². The quantitative estimate of drug-likeness (QED) is 0.913. The van der Waals surface area contributed by atoms with Crippen LogP contribution in [0.3, 0.4) is 0 Å². The molecule has 0 radical (unpaired) electrons. The fourth-order valence-electron chi connectivity index (χ4n) is 2.50. The van der Waals surface area contributed by atoms with Crippen molar-refractivity contribution in [3.63, 3.8) is 0 Å². The van der Waals surface area contributed by atoms with Gasteiger partial charge in [0.1, 0.15) is 0 Å². The highest BCUT2D eigenvalue weighted by atomic mass is 16.5. The standard InChI is InChI=1S/C15H20N2O4/c1-9(2)21-12-5-4-6-16-13(12)14(18)17-7-10(3)11(8-17)15(19)20/h4-6,9-11H,7-8H2,1-3H3,(H,19,20)/t10-,11-/m1/s1. The van der Waals surface area contributed by atoms with Crippen LogP contribution in [0.25, 0.3) is 0 Å². The van der Waals surface area contributed by atoms with Gasteiger partial charge in [0.15, 0.2) is 11.4 Å². The first kappa shape index (κ1) is 15.3. The van der Waals surface area contributed by atoms with Gasteiger partial charge in [0, 0.05) is 19.3 Å². The van der Waals surface area contributed by atoms with Gasteiger partial charge < -0.3 is 14.7 Å². The van der Waals surface area contributed by atoms with E-state index in [4.69, 9.17) is 9.84 Å². The van der Waals surface area contributed by atoms with Crippen molar-refractivity contribution < 1.29 is 19.4 Å². The van der Waals surface area contributed by atoms with Gasteiger partial charge in [-0.2, -0.15) is 0 Å². The maximum absolute atomic E-state index is 12.6. The van der Waals surface area contributed by atoms with E-state index in [0.29, 0.717) is 12.3 Å². The van der Waals surface area contributed by atoms with Gasteiger partial charge >= 0.3 is 5.97 Å². The van der Waals surface area contributed by atoms with Crippen molar-refractivity contribution in [1.82, 2.24) is 9.88 Å². The number of nitrogens with zero attached hydrogens (tertiary/aromatic N) is 2. The Morgan fingerprint density at radius 2 is 2.14 bits per heavy atom. The Hall–Kier alpha value is -2.11. The summed E-state index contributed by atoms with van der Waals surface area (Å²) in [5, 5.41) is 9.15. The molecule has 2 heterocycles. The molecular weight excluding hydrogens is 272 g/mol. The number of rotatable bonds is 4. The fourth-order valence-corrected chi connectivity index (χ4v) is 2.50. The predicted molar refractivity (Wildman–Crippen MR) is 76.2 cm³/mol. The zero-order valence-corrected chi connectivity index (χ0v) is 12.4. The second-order valence-corrected chi connectivity index (χ2v) is 5.65. The van der Waals surface area contributed by atoms with Crippen LogP contribution in [0.4, 0.5) is 0 Å². The molecule has 0 spiro atoms. The number of aliphatic carboxylic acids is 1. The van der Waals surface area contributed by atoms with Crippen LogP contribution < -0.4 is 4.74 Å². The molecule has 1 saturated heterocycles. The van der Waals surface area contributed by atoms with Gasteiger partial charge in [0.25, 0.3) is 5.91 Å². The number of likely N-dealkylation sites (tertiary alicyclic amines) is 1. The maximum Gasteiger partial charge on any atom is 0.308 e. The zero-order valence-electron chi connectivity index (χ0n) is 12.4. The third kappa shape index (κ3) is 3.32. The molecular formula is C15H20N2O4. The predicted octanol–water partition coefficient (Wildman–Crippen LogP) is 1.66. The van der Waals surface area contributed by atoms with Crippen molar-refractivity contribution in [3.8, 4) is 5.75 Å². The molecule has 21 heavy (non-hydrogen) atoms. The summed E-state index contributed by atoms with van der Waals surface area (Å²) in [5.41, 5.74) is 0.240. The molecule has 1 aliphatic rings. The lowest BCUT2D eigenvalue weighted by Crippen LogP contribution is -2.31. The summed E-state index contributed by atoms with van der Waals surface area (Å²) in [6.07, 6.45) is 1.47. The largest absolute Gasteiger partial charge is 0.489 e. The SMILES string of the molecule is CC(C)Oc1cccnc1C(=O)N1C[C@@H](C)[C@H](C(=O)O)C1. The van der Waals surface area contributed by atoms with Crippen LogP contribution in [0, 0.1) is 11.8 Å². The van der Waals surface area contributed by atoms with Gasteiger partial charge in [-0.1, -0.05) is 6.92 Å². The third-order valence-electron chi connectivity index (χ3n) is 3.55. The zero-order chi connectivity index (χ0) is 15.6. The molecule has 1 aliphatic heterocycles. The number of hydrogen-bond donors (Lipinski definition) is 1. The Balaban J connectivity index is 2.20. The lowest BCUT2D eigenvalue weighted by atomic mass is 9.99. The number of carbonyl (C=O) groups excluding carboxylic acids is 1. The van der Waals surface area contributed by atoms with E-state index < -0.39 is 11.9 Å². The highest BCUT2D eigenvalue weighted by molar-refractivity contribution is 5.95. The molecule has 0 saturated carbocycles. The summed E-state index contributed by atoms with van der Waals surface area (Å²) in [6, 6.07) is 3.41. The molecule has 0 aliphatic carbocycles. The number of aromatic nitrogens is 1. The molecule has 1 amide bonds. The van der Waals surface area contributed by atoms with E-state index in [1.54, 1.807) is 17.0 Å². The van der Waals surface area contributed by atoms with Gasteiger partial charge in [-0.05, 0) is 31.9 Å². The molecule has 1 aromatic heterocycles. The first-order valence-electron chi connectivity index (χ1n) is 7.04. The Kier molecular flexibility index (Phi) is 4.45. The molecule has 0 aromatic carbocycles. The minimum atomic E-state index is -0.863. The molecule has 6 nitrogen and oxygen atoms in total. The molecule has 2 rings (SSSR count). The smallest absolute Gasteiger partial charge is 0.308 e. The number of hydrogen-bond acceptors (Lipinski definition) is 4. The van der Waals surface area contributed by atoms with Crippen LogP contribution in [0.1, 0.15) is 31.3 Å². The monoisotopic (exact) mass is 292 g/mol. The van der Waals surface area contributed by atoms with E-state index >= 15 is 0 Å². The average molecular weight is 292 g/mol. The Labute approximate surface area is 123 Å². The van der Waals surface area contributed by atoms with Crippen molar-refractivity contribution in [2.24, 2.45) is 11.8 Å². The molecule has 114 valence electrons. The summed E-state index contributed by atoms with van der Waals surface area (Å²) >= 11 is 0. The number of ether oxygens (including phenoxy) is 1. The lowest BCUT2D eigenvalue weighted by molar-refractivity contribution is -0.142.